The van der Waals surface area contributed by atoms with E-state index >= 15 is 0 Å². The van der Waals surface area contributed by atoms with Gasteiger partial charge in [0.15, 0.2) is 0 Å². The summed E-state index contributed by atoms with van der Waals surface area (Å²) in [6, 6.07) is 3.67. The molecule has 112 valence electrons. The molecule has 5 nitrogen and oxygen atoms in total. The third-order valence-electron chi connectivity index (χ3n) is 3.90. The fourth-order valence-corrected chi connectivity index (χ4v) is 2.94. The number of nitrogens with zero attached hydrogens (tertiary/aromatic N) is 1. The smallest absolute Gasteiger partial charge is 0.307 e. The van der Waals surface area contributed by atoms with Crippen molar-refractivity contribution in [3.63, 3.8) is 0 Å². The van der Waals surface area contributed by atoms with Crippen LogP contribution in [0.5, 0.6) is 0 Å². The number of hydrogen-bond acceptors (Lipinski definition) is 3. The van der Waals surface area contributed by atoms with E-state index in [4.69, 9.17) is 0 Å². The predicted molar refractivity (Wildman–Crippen MR) is 78.2 cm³/mol. The molecule has 2 rings (SSSR count). The number of carbonyl (C=O) groups excluding carboxylic acids is 1. The van der Waals surface area contributed by atoms with Crippen LogP contribution in [0.4, 0.5) is 0 Å². The second-order valence-corrected chi connectivity index (χ2v) is 5.63. The topological polar surface area (TPSA) is 79.3 Å². The lowest BCUT2D eigenvalue weighted by atomic mass is 9.73. The monoisotopic (exact) mass is 288 g/mol. The molecule has 0 saturated heterocycles. The fraction of sp³-hybridized carbons (Fsp3) is 0.438. The molecule has 21 heavy (non-hydrogen) atoms. The molecule has 1 amide bonds. The van der Waals surface area contributed by atoms with Crippen LogP contribution in [0.25, 0.3) is 0 Å². The maximum atomic E-state index is 12.4. The maximum Gasteiger partial charge on any atom is 0.307 e. The second-order valence-electron chi connectivity index (χ2n) is 5.63. The molecule has 2 N–H and O–H groups in total. The summed E-state index contributed by atoms with van der Waals surface area (Å²) in [6.07, 6.45) is 5.80. The van der Waals surface area contributed by atoms with Crippen LogP contribution in [0.3, 0.4) is 0 Å². The van der Waals surface area contributed by atoms with Gasteiger partial charge in [0, 0.05) is 18.9 Å². The number of hydrogen-bond donors (Lipinski definition) is 2. The van der Waals surface area contributed by atoms with E-state index in [1.165, 1.54) is 0 Å². The zero-order chi connectivity index (χ0) is 15.4. The highest BCUT2D eigenvalue weighted by molar-refractivity contribution is 5.85. The highest BCUT2D eigenvalue weighted by Crippen LogP contribution is 2.34. The van der Waals surface area contributed by atoms with Gasteiger partial charge in [-0.15, -0.1) is 0 Å². The Bertz CT molecular complexity index is 554. The third kappa shape index (κ3) is 3.68. The Labute approximate surface area is 124 Å². The molecule has 0 radical (unpaired) electrons. The zero-order valence-electron chi connectivity index (χ0n) is 12.2. The number of carboxylic acid groups (broad SMARTS) is 1. The lowest BCUT2D eigenvalue weighted by molar-refractivity contribution is -0.149. The van der Waals surface area contributed by atoms with Crippen molar-refractivity contribution < 1.29 is 14.7 Å². The highest BCUT2D eigenvalue weighted by Gasteiger charge is 2.39. The summed E-state index contributed by atoms with van der Waals surface area (Å²) in [5.41, 5.74) is 1.97. The van der Waals surface area contributed by atoms with Gasteiger partial charge in [0.1, 0.15) is 0 Å². The van der Waals surface area contributed by atoms with Gasteiger partial charge in [-0.1, -0.05) is 24.6 Å². The normalized spacial score (nSPS) is 25.0. The van der Waals surface area contributed by atoms with Crippen molar-refractivity contribution in [1.29, 1.82) is 0 Å². The first-order chi connectivity index (χ1) is 9.99. The molecular weight excluding hydrogens is 268 g/mol. The van der Waals surface area contributed by atoms with E-state index in [1.807, 2.05) is 26.0 Å². The van der Waals surface area contributed by atoms with Crippen LogP contribution < -0.4 is 5.32 Å². The molecule has 0 bridgehead atoms. The molecule has 1 heterocycles. The Hall–Kier alpha value is -2.17. The molecule has 1 aromatic heterocycles. The van der Waals surface area contributed by atoms with E-state index < -0.39 is 17.8 Å². The average Bonchev–Trinajstić information content (AvgIpc) is 2.44. The average molecular weight is 288 g/mol. The minimum atomic E-state index is -0.909. The Morgan fingerprint density at radius 3 is 2.86 bits per heavy atom. The second kappa shape index (κ2) is 6.52. The summed E-state index contributed by atoms with van der Waals surface area (Å²) in [4.78, 5) is 27.8. The van der Waals surface area contributed by atoms with Crippen LogP contribution in [0.15, 0.2) is 36.2 Å². The minimum absolute atomic E-state index is 0.134. The van der Waals surface area contributed by atoms with Gasteiger partial charge in [0.2, 0.25) is 5.91 Å². The molecule has 0 aliphatic heterocycles. The van der Waals surface area contributed by atoms with Crippen LogP contribution >= 0.6 is 0 Å². The minimum Gasteiger partial charge on any atom is -0.481 e. The summed E-state index contributed by atoms with van der Waals surface area (Å²) in [5.74, 6) is -2.43. The zero-order valence-corrected chi connectivity index (χ0v) is 12.2. The van der Waals surface area contributed by atoms with Gasteiger partial charge < -0.3 is 10.4 Å². The van der Waals surface area contributed by atoms with Crippen molar-refractivity contribution in [1.82, 2.24) is 10.3 Å². The number of carboxylic acids is 1. The van der Waals surface area contributed by atoms with Gasteiger partial charge in [0.05, 0.1) is 11.8 Å². The summed E-state index contributed by atoms with van der Waals surface area (Å²) < 4.78 is 0. The number of nitrogens with one attached hydrogen (secondary N) is 1. The summed E-state index contributed by atoms with van der Waals surface area (Å²) in [6.45, 7) is 4.16. The van der Waals surface area contributed by atoms with Crippen molar-refractivity contribution in [3.8, 4) is 0 Å². The van der Waals surface area contributed by atoms with E-state index in [-0.39, 0.29) is 11.8 Å². The molecule has 1 aliphatic rings. The molecule has 0 spiro atoms. The quantitative estimate of drug-likeness (QED) is 0.831. The largest absolute Gasteiger partial charge is 0.481 e. The lowest BCUT2D eigenvalue weighted by Gasteiger charge is -2.31. The number of allylic oxidation sites excluding steroid dienone is 2. The highest BCUT2D eigenvalue weighted by atomic mass is 16.4. The number of pyridine rings is 1. The van der Waals surface area contributed by atoms with Crippen molar-refractivity contribution in [2.45, 2.75) is 26.8 Å². The SMILES string of the molecule is CC1=C[C@H](C)[C@@H](C(=O)O)[C@@H](C(=O)NCc2cccnc2)C1. The van der Waals surface area contributed by atoms with Crippen LogP contribution in [-0.2, 0) is 16.1 Å². The molecule has 0 unspecified atom stereocenters. The van der Waals surface area contributed by atoms with Crippen LogP contribution in [0.2, 0.25) is 0 Å². The Balaban J connectivity index is 2.06. The molecule has 1 aliphatic carbocycles. The van der Waals surface area contributed by atoms with E-state index in [1.54, 1.807) is 18.5 Å². The van der Waals surface area contributed by atoms with Crippen molar-refractivity contribution in [3.05, 3.63) is 41.7 Å². The van der Waals surface area contributed by atoms with E-state index in [2.05, 4.69) is 10.3 Å². The molecule has 0 fully saturated rings. The summed E-state index contributed by atoms with van der Waals surface area (Å²) in [5, 5.41) is 12.2. The van der Waals surface area contributed by atoms with Gasteiger partial charge in [-0.2, -0.15) is 0 Å². The molecule has 0 saturated carbocycles. The van der Waals surface area contributed by atoms with Crippen LogP contribution in [-0.4, -0.2) is 22.0 Å². The van der Waals surface area contributed by atoms with Crippen molar-refractivity contribution in [2.75, 3.05) is 0 Å². The van der Waals surface area contributed by atoms with Gasteiger partial charge in [-0.3, -0.25) is 14.6 Å². The standard InChI is InChI=1S/C16H20N2O3/c1-10-6-11(2)14(16(20)21)13(7-10)15(19)18-9-12-4-3-5-17-8-12/h3-6,8,11,13-14H,7,9H2,1-2H3,(H,18,19)(H,20,21)/t11-,13-,14+/m0/s1. The number of aromatic nitrogens is 1. The molecule has 5 heteroatoms. The van der Waals surface area contributed by atoms with Gasteiger partial charge in [0.25, 0.3) is 0 Å². The van der Waals surface area contributed by atoms with Crippen LogP contribution in [0, 0.1) is 17.8 Å². The third-order valence-corrected chi connectivity index (χ3v) is 3.90. The first-order valence-electron chi connectivity index (χ1n) is 7.05. The Morgan fingerprint density at radius 1 is 1.48 bits per heavy atom. The molecule has 1 aromatic rings. The fourth-order valence-electron chi connectivity index (χ4n) is 2.94. The first kappa shape index (κ1) is 15.2. The molecule has 0 aromatic carbocycles. The van der Waals surface area contributed by atoms with Crippen molar-refractivity contribution in [2.24, 2.45) is 17.8 Å². The van der Waals surface area contributed by atoms with Gasteiger partial charge in [-0.05, 0) is 30.9 Å². The summed E-state index contributed by atoms with van der Waals surface area (Å²) in [7, 11) is 0. The maximum absolute atomic E-state index is 12.4. The van der Waals surface area contributed by atoms with E-state index in [0.717, 1.165) is 11.1 Å². The van der Waals surface area contributed by atoms with E-state index in [9.17, 15) is 14.7 Å². The number of amides is 1. The number of carbonyl (C=O) groups is 2. The Morgan fingerprint density at radius 2 is 2.24 bits per heavy atom. The van der Waals surface area contributed by atoms with Crippen LogP contribution in [0.1, 0.15) is 25.8 Å². The number of rotatable bonds is 4. The predicted octanol–water partition coefficient (Wildman–Crippen LogP) is 2.00. The lowest BCUT2D eigenvalue weighted by Crippen LogP contribution is -2.42. The van der Waals surface area contributed by atoms with Gasteiger partial charge in [-0.25, -0.2) is 0 Å². The van der Waals surface area contributed by atoms with Gasteiger partial charge >= 0.3 is 5.97 Å². The number of aliphatic carboxylic acids is 1. The summed E-state index contributed by atoms with van der Waals surface area (Å²) >= 11 is 0. The molecule has 3 atom stereocenters. The Kier molecular flexibility index (Phi) is 4.73. The van der Waals surface area contributed by atoms with E-state index in [0.29, 0.717) is 13.0 Å². The van der Waals surface area contributed by atoms with Crippen molar-refractivity contribution >= 4 is 11.9 Å². The molecular formula is C16H20N2O3. The first-order valence-corrected chi connectivity index (χ1v) is 7.05.